The molecule has 1 atom stereocenters. The van der Waals surface area contributed by atoms with E-state index in [-0.39, 0.29) is 11.9 Å². The van der Waals surface area contributed by atoms with E-state index in [0.717, 1.165) is 17.5 Å². The minimum absolute atomic E-state index is 0.0335. The molecule has 0 spiro atoms. The highest BCUT2D eigenvalue weighted by Gasteiger charge is 2.17. The van der Waals surface area contributed by atoms with Gasteiger partial charge in [-0.3, -0.25) is 4.79 Å². The van der Waals surface area contributed by atoms with Crippen molar-refractivity contribution in [1.29, 1.82) is 0 Å². The van der Waals surface area contributed by atoms with E-state index in [0.29, 0.717) is 16.3 Å². The highest BCUT2D eigenvalue weighted by molar-refractivity contribution is 7.71. The van der Waals surface area contributed by atoms with E-state index in [1.807, 2.05) is 24.5 Å². The van der Waals surface area contributed by atoms with Crippen LogP contribution in [0.3, 0.4) is 0 Å². The fourth-order valence-electron chi connectivity index (χ4n) is 2.00. The molecule has 1 aromatic carbocycles. The molecule has 19 heavy (non-hydrogen) atoms. The molecule has 0 radical (unpaired) electrons. The monoisotopic (exact) mass is 297 g/mol. The first-order valence-electron chi connectivity index (χ1n) is 6.22. The Balaban J connectivity index is 2.41. The summed E-state index contributed by atoms with van der Waals surface area (Å²) >= 11 is 11.2. The summed E-state index contributed by atoms with van der Waals surface area (Å²) in [7, 11) is 0. The third-order valence-electron chi connectivity index (χ3n) is 2.99. The van der Waals surface area contributed by atoms with Gasteiger partial charge in [0.15, 0.2) is 4.77 Å². The zero-order chi connectivity index (χ0) is 14.0. The van der Waals surface area contributed by atoms with Crippen LogP contribution in [0.5, 0.6) is 0 Å². The molecule has 0 saturated heterocycles. The average molecular weight is 298 g/mol. The SMILES string of the molecule is CCCNC(=O)C(C)n1c(=S)[nH]c2cc(Cl)ccc21. The van der Waals surface area contributed by atoms with E-state index in [4.69, 9.17) is 23.8 Å². The molecular weight excluding hydrogens is 282 g/mol. The fraction of sp³-hybridized carbons (Fsp3) is 0.385. The number of imidazole rings is 1. The number of hydrogen-bond donors (Lipinski definition) is 2. The fourth-order valence-corrected chi connectivity index (χ4v) is 2.54. The molecule has 2 rings (SSSR count). The van der Waals surface area contributed by atoms with Crippen molar-refractivity contribution in [1.82, 2.24) is 14.9 Å². The number of benzene rings is 1. The van der Waals surface area contributed by atoms with Crippen molar-refractivity contribution in [3.05, 3.63) is 28.0 Å². The summed E-state index contributed by atoms with van der Waals surface area (Å²) in [5.41, 5.74) is 1.72. The van der Waals surface area contributed by atoms with Gasteiger partial charge in [0.1, 0.15) is 6.04 Å². The van der Waals surface area contributed by atoms with Gasteiger partial charge in [-0.25, -0.2) is 0 Å². The lowest BCUT2D eigenvalue weighted by Gasteiger charge is -2.14. The van der Waals surface area contributed by atoms with Crippen LogP contribution in [-0.2, 0) is 4.79 Å². The maximum Gasteiger partial charge on any atom is 0.242 e. The lowest BCUT2D eigenvalue weighted by Crippen LogP contribution is -2.31. The molecule has 0 aliphatic heterocycles. The van der Waals surface area contributed by atoms with Crippen LogP contribution in [0.1, 0.15) is 26.3 Å². The number of halogens is 1. The molecule has 1 aromatic heterocycles. The first-order chi connectivity index (χ1) is 9.04. The zero-order valence-electron chi connectivity index (χ0n) is 10.9. The molecule has 1 amide bonds. The largest absolute Gasteiger partial charge is 0.354 e. The number of amides is 1. The standard InChI is InChI=1S/C13H16ClN3OS/c1-3-6-15-12(18)8(2)17-11-5-4-9(14)7-10(11)16-13(17)19/h4-5,7-8H,3,6H2,1-2H3,(H,15,18)(H,16,19). The molecule has 4 nitrogen and oxygen atoms in total. The second-order valence-electron chi connectivity index (χ2n) is 4.43. The lowest BCUT2D eigenvalue weighted by atomic mass is 10.2. The summed E-state index contributed by atoms with van der Waals surface area (Å²) < 4.78 is 2.34. The van der Waals surface area contributed by atoms with E-state index < -0.39 is 0 Å². The number of fused-ring (bicyclic) bond motifs is 1. The highest BCUT2D eigenvalue weighted by atomic mass is 35.5. The molecule has 0 aliphatic carbocycles. The van der Waals surface area contributed by atoms with Crippen LogP contribution in [0.15, 0.2) is 18.2 Å². The number of nitrogens with one attached hydrogen (secondary N) is 2. The van der Waals surface area contributed by atoms with Crippen molar-refractivity contribution in [2.75, 3.05) is 6.54 Å². The van der Waals surface area contributed by atoms with Crippen molar-refractivity contribution in [2.24, 2.45) is 0 Å². The average Bonchev–Trinajstić information content (AvgIpc) is 2.70. The molecule has 2 N–H and O–H groups in total. The zero-order valence-corrected chi connectivity index (χ0v) is 12.4. The number of aromatic nitrogens is 2. The van der Waals surface area contributed by atoms with Crippen molar-refractivity contribution < 1.29 is 4.79 Å². The van der Waals surface area contributed by atoms with Crippen LogP contribution in [0.2, 0.25) is 5.02 Å². The number of nitrogens with zero attached hydrogens (tertiary/aromatic N) is 1. The van der Waals surface area contributed by atoms with Gasteiger partial charge in [-0.15, -0.1) is 0 Å². The van der Waals surface area contributed by atoms with Gasteiger partial charge in [-0.1, -0.05) is 18.5 Å². The molecule has 6 heteroatoms. The molecule has 0 aliphatic rings. The summed E-state index contributed by atoms with van der Waals surface area (Å²) in [5, 5.41) is 3.52. The maximum atomic E-state index is 12.0. The van der Waals surface area contributed by atoms with Crippen LogP contribution >= 0.6 is 23.8 Å². The third-order valence-corrected chi connectivity index (χ3v) is 3.53. The Morgan fingerprint density at radius 2 is 2.32 bits per heavy atom. The number of carbonyl (C=O) groups is 1. The lowest BCUT2D eigenvalue weighted by molar-refractivity contribution is -0.123. The van der Waals surface area contributed by atoms with E-state index in [9.17, 15) is 4.79 Å². The summed E-state index contributed by atoms with van der Waals surface area (Å²) in [6.07, 6.45) is 0.910. The predicted octanol–water partition coefficient (Wildman–Crippen LogP) is 3.44. The summed E-state index contributed by atoms with van der Waals surface area (Å²) in [4.78, 5) is 15.1. The number of aromatic amines is 1. The van der Waals surface area contributed by atoms with Crippen molar-refractivity contribution >= 4 is 40.8 Å². The minimum Gasteiger partial charge on any atom is -0.354 e. The number of H-pyrrole nitrogens is 1. The Labute approximate surface area is 121 Å². The molecule has 0 bridgehead atoms. The Morgan fingerprint density at radius 1 is 1.58 bits per heavy atom. The van der Waals surface area contributed by atoms with Gasteiger partial charge < -0.3 is 14.9 Å². The number of rotatable bonds is 4. The normalized spacial score (nSPS) is 12.6. The molecule has 1 heterocycles. The Hall–Kier alpha value is -1.33. The van der Waals surface area contributed by atoms with Gasteiger partial charge in [-0.05, 0) is 43.8 Å². The second kappa shape index (κ2) is 5.75. The topological polar surface area (TPSA) is 49.8 Å². The molecule has 2 aromatic rings. The highest BCUT2D eigenvalue weighted by Crippen LogP contribution is 2.22. The van der Waals surface area contributed by atoms with Crippen molar-refractivity contribution in [3.63, 3.8) is 0 Å². The predicted molar refractivity (Wildman–Crippen MR) is 80.1 cm³/mol. The van der Waals surface area contributed by atoms with Crippen LogP contribution in [0, 0.1) is 4.77 Å². The van der Waals surface area contributed by atoms with Crippen LogP contribution < -0.4 is 5.32 Å². The van der Waals surface area contributed by atoms with E-state index in [1.165, 1.54) is 0 Å². The van der Waals surface area contributed by atoms with Crippen LogP contribution in [0.25, 0.3) is 11.0 Å². The van der Waals surface area contributed by atoms with E-state index >= 15 is 0 Å². The quantitative estimate of drug-likeness (QED) is 0.849. The van der Waals surface area contributed by atoms with Gasteiger partial charge in [-0.2, -0.15) is 0 Å². The van der Waals surface area contributed by atoms with E-state index in [1.54, 1.807) is 12.1 Å². The first kappa shape index (κ1) is 14.1. The van der Waals surface area contributed by atoms with Crippen LogP contribution in [0.4, 0.5) is 0 Å². The molecular formula is C13H16ClN3OS. The van der Waals surface area contributed by atoms with Gasteiger partial charge in [0, 0.05) is 11.6 Å². The molecule has 0 fully saturated rings. The van der Waals surface area contributed by atoms with Gasteiger partial charge in [0.25, 0.3) is 0 Å². The second-order valence-corrected chi connectivity index (χ2v) is 5.25. The minimum atomic E-state index is -0.353. The summed E-state index contributed by atoms with van der Waals surface area (Å²) in [6, 6.07) is 5.11. The smallest absolute Gasteiger partial charge is 0.242 e. The number of carbonyl (C=O) groups excluding carboxylic acids is 1. The maximum absolute atomic E-state index is 12.0. The molecule has 1 unspecified atom stereocenters. The molecule has 0 saturated carbocycles. The molecule has 102 valence electrons. The van der Waals surface area contributed by atoms with Crippen molar-refractivity contribution in [3.8, 4) is 0 Å². The van der Waals surface area contributed by atoms with Gasteiger partial charge in [0.05, 0.1) is 11.0 Å². The third kappa shape index (κ3) is 2.82. The van der Waals surface area contributed by atoms with Crippen LogP contribution in [-0.4, -0.2) is 22.0 Å². The van der Waals surface area contributed by atoms with Gasteiger partial charge >= 0.3 is 0 Å². The summed E-state index contributed by atoms with van der Waals surface area (Å²) in [6.45, 7) is 4.53. The Morgan fingerprint density at radius 3 is 3.00 bits per heavy atom. The number of hydrogen-bond acceptors (Lipinski definition) is 2. The van der Waals surface area contributed by atoms with E-state index in [2.05, 4.69) is 10.3 Å². The first-order valence-corrected chi connectivity index (χ1v) is 7.00. The summed E-state index contributed by atoms with van der Waals surface area (Å²) in [5.74, 6) is -0.0335. The Kier molecular flexibility index (Phi) is 4.27. The Bertz CT molecular complexity index is 661. The van der Waals surface area contributed by atoms with Crippen molar-refractivity contribution in [2.45, 2.75) is 26.3 Å². The van der Waals surface area contributed by atoms with Gasteiger partial charge in [0.2, 0.25) is 5.91 Å².